The Kier molecular flexibility index (Phi) is 5.99. The highest BCUT2D eigenvalue weighted by Gasteiger charge is 2.21. The van der Waals surface area contributed by atoms with Crippen LogP contribution in [0.3, 0.4) is 0 Å². The summed E-state index contributed by atoms with van der Waals surface area (Å²) in [5.41, 5.74) is 2.15. The van der Waals surface area contributed by atoms with Gasteiger partial charge in [-0.2, -0.15) is 0 Å². The Morgan fingerprint density at radius 3 is 2.41 bits per heavy atom. The van der Waals surface area contributed by atoms with Crippen LogP contribution in [-0.4, -0.2) is 11.9 Å². The van der Waals surface area contributed by atoms with E-state index in [1.54, 1.807) is 0 Å². The number of carbonyl (C=O) groups is 1. The van der Waals surface area contributed by atoms with Crippen molar-refractivity contribution in [2.24, 2.45) is 0 Å². The molecule has 4 heteroatoms. The van der Waals surface area contributed by atoms with Crippen molar-refractivity contribution in [3.63, 3.8) is 0 Å². The maximum atomic E-state index is 12.2. The standard InChI is InChI=1S/C18H21ClN2O/c1-13(16-10-6-7-11-17(16)19)21-14(2)18(22)20-12-15-8-4-3-5-9-15/h3-11,13-14,21H,12H2,1-2H3,(H,20,22)/p+1/t13-,14+/m1/s1. The number of halogens is 1. The van der Waals surface area contributed by atoms with E-state index in [-0.39, 0.29) is 18.0 Å². The van der Waals surface area contributed by atoms with Crippen LogP contribution in [0.25, 0.3) is 0 Å². The van der Waals surface area contributed by atoms with Gasteiger partial charge in [-0.05, 0) is 25.5 Å². The number of amides is 1. The van der Waals surface area contributed by atoms with Gasteiger partial charge in [-0.15, -0.1) is 0 Å². The molecular formula is C18H22ClN2O+. The van der Waals surface area contributed by atoms with Crippen molar-refractivity contribution in [3.8, 4) is 0 Å². The minimum absolute atomic E-state index is 0.0303. The molecule has 0 heterocycles. The summed E-state index contributed by atoms with van der Waals surface area (Å²) < 4.78 is 0. The molecule has 0 radical (unpaired) electrons. The first kappa shape index (κ1) is 16.5. The highest BCUT2D eigenvalue weighted by molar-refractivity contribution is 6.31. The van der Waals surface area contributed by atoms with Crippen LogP contribution in [0.2, 0.25) is 5.02 Å². The maximum absolute atomic E-state index is 12.2. The van der Waals surface area contributed by atoms with Crippen LogP contribution in [0.5, 0.6) is 0 Å². The van der Waals surface area contributed by atoms with E-state index in [1.807, 2.05) is 66.8 Å². The minimum atomic E-state index is -0.171. The molecule has 0 aliphatic rings. The third kappa shape index (κ3) is 4.58. The SMILES string of the molecule is C[C@H]([NH2+][C@H](C)c1ccccc1Cl)C(=O)NCc1ccccc1. The fraction of sp³-hybridized carbons (Fsp3) is 0.278. The Labute approximate surface area is 136 Å². The van der Waals surface area contributed by atoms with Crippen LogP contribution in [-0.2, 0) is 11.3 Å². The summed E-state index contributed by atoms with van der Waals surface area (Å²) in [4.78, 5) is 12.2. The Morgan fingerprint density at radius 2 is 1.73 bits per heavy atom. The van der Waals surface area contributed by atoms with Crippen molar-refractivity contribution in [2.75, 3.05) is 0 Å². The summed E-state index contributed by atoms with van der Waals surface area (Å²) in [6.45, 7) is 4.52. The van der Waals surface area contributed by atoms with Crippen LogP contribution < -0.4 is 10.6 Å². The van der Waals surface area contributed by atoms with Gasteiger partial charge in [0.25, 0.3) is 5.91 Å². The van der Waals surface area contributed by atoms with Crippen LogP contribution >= 0.6 is 11.6 Å². The van der Waals surface area contributed by atoms with E-state index >= 15 is 0 Å². The van der Waals surface area contributed by atoms with Crippen LogP contribution in [0.1, 0.15) is 31.0 Å². The van der Waals surface area contributed by atoms with Gasteiger partial charge in [0.2, 0.25) is 0 Å². The predicted molar refractivity (Wildman–Crippen MR) is 89.5 cm³/mol. The molecule has 0 unspecified atom stereocenters. The molecule has 1 amide bonds. The smallest absolute Gasteiger partial charge is 0.278 e. The monoisotopic (exact) mass is 317 g/mol. The van der Waals surface area contributed by atoms with Crippen molar-refractivity contribution in [1.29, 1.82) is 0 Å². The van der Waals surface area contributed by atoms with E-state index in [9.17, 15) is 4.79 Å². The van der Waals surface area contributed by atoms with Gasteiger partial charge in [0.1, 0.15) is 6.04 Å². The molecule has 3 N–H and O–H groups in total. The minimum Gasteiger partial charge on any atom is -0.347 e. The number of rotatable bonds is 6. The number of quaternary nitrogens is 1. The van der Waals surface area contributed by atoms with Gasteiger partial charge in [0.05, 0.1) is 0 Å². The number of nitrogens with one attached hydrogen (secondary N) is 1. The molecule has 0 aromatic heterocycles. The van der Waals surface area contributed by atoms with Crippen LogP contribution in [0.15, 0.2) is 54.6 Å². The normalized spacial score (nSPS) is 13.4. The van der Waals surface area contributed by atoms with Crippen LogP contribution in [0, 0.1) is 0 Å². The quantitative estimate of drug-likeness (QED) is 0.845. The van der Waals surface area contributed by atoms with Gasteiger partial charge < -0.3 is 10.6 Å². The fourth-order valence-corrected chi connectivity index (χ4v) is 2.72. The Morgan fingerprint density at radius 1 is 1.09 bits per heavy atom. The molecule has 0 spiro atoms. The zero-order valence-electron chi connectivity index (χ0n) is 12.9. The molecule has 0 saturated carbocycles. The average Bonchev–Trinajstić information content (AvgIpc) is 2.53. The van der Waals surface area contributed by atoms with Crippen molar-refractivity contribution in [2.45, 2.75) is 32.5 Å². The Balaban J connectivity index is 1.87. The largest absolute Gasteiger partial charge is 0.347 e. The van der Waals surface area contributed by atoms with E-state index in [0.717, 1.165) is 16.1 Å². The number of nitrogens with two attached hydrogens (primary N) is 1. The zero-order chi connectivity index (χ0) is 15.9. The molecule has 0 fully saturated rings. The molecule has 2 rings (SSSR count). The summed E-state index contributed by atoms with van der Waals surface area (Å²) in [5, 5.41) is 5.74. The molecule has 0 aliphatic carbocycles. The third-order valence-corrected chi connectivity index (χ3v) is 4.04. The summed E-state index contributed by atoms with van der Waals surface area (Å²) >= 11 is 6.20. The predicted octanol–water partition coefficient (Wildman–Crippen LogP) is 2.67. The molecule has 116 valence electrons. The lowest BCUT2D eigenvalue weighted by Gasteiger charge is -2.17. The first-order chi connectivity index (χ1) is 10.6. The number of hydrogen-bond acceptors (Lipinski definition) is 1. The number of carbonyl (C=O) groups excluding carboxylic acids is 1. The van der Waals surface area contributed by atoms with Crippen LogP contribution in [0.4, 0.5) is 0 Å². The second kappa shape index (κ2) is 7.97. The second-order valence-electron chi connectivity index (χ2n) is 5.49. The van der Waals surface area contributed by atoms with E-state index in [2.05, 4.69) is 12.2 Å². The second-order valence-corrected chi connectivity index (χ2v) is 5.90. The van der Waals surface area contributed by atoms with Gasteiger partial charge >= 0.3 is 0 Å². The molecule has 22 heavy (non-hydrogen) atoms. The highest BCUT2D eigenvalue weighted by atomic mass is 35.5. The highest BCUT2D eigenvalue weighted by Crippen LogP contribution is 2.19. The van der Waals surface area contributed by atoms with Crippen molar-refractivity contribution >= 4 is 17.5 Å². The van der Waals surface area contributed by atoms with Crippen molar-refractivity contribution in [3.05, 3.63) is 70.7 Å². The van der Waals surface area contributed by atoms with E-state index in [1.165, 1.54) is 0 Å². The fourth-order valence-electron chi connectivity index (χ4n) is 2.41. The average molecular weight is 318 g/mol. The van der Waals surface area contributed by atoms with Crippen molar-refractivity contribution in [1.82, 2.24) is 5.32 Å². The summed E-state index contributed by atoms with van der Waals surface area (Å²) in [7, 11) is 0. The first-order valence-corrected chi connectivity index (χ1v) is 7.86. The number of benzene rings is 2. The van der Waals surface area contributed by atoms with E-state index in [4.69, 9.17) is 11.6 Å². The Bertz CT molecular complexity index is 615. The lowest BCUT2D eigenvalue weighted by Crippen LogP contribution is -2.92. The van der Waals surface area contributed by atoms with Gasteiger partial charge in [-0.3, -0.25) is 4.79 Å². The summed E-state index contributed by atoms with van der Waals surface area (Å²) in [5.74, 6) is 0.0303. The molecular weight excluding hydrogens is 296 g/mol. The van der Waals surface area contributed by atoms with E-state index < -0.39 is 0 Å². The first-order valence-electron chi connectivity index (χ1n) is 7.49. The Hall–Kier alpha value is -1.84. The van der Waals surface area contributed by atoms with Gasteiger partial charge in [0.15, 0.2) is 6.04 Å². The van der Waals surface area contributed by atoms with E-state index in [0.29, 0.717) is 6.54 Å². The maximum Gasteiger partial charge on any atom is 0.278 e. The lowest BCUT2D eigenvalue weighted by atomic mass is 10.1. The molecule has 0 saturated heterocycles. The molecule has 0 bridgehead atoms. The summed E-state index contributed by atoms with van der Waals surface area (Å²) in [6, 6.07) is 17.6. The molecule has 2 aromatic rings. The van der Waals surface area contributed by atoms with Gasteiger partial charge in [0, 0.05) is 17.1 Å². The number of hydrogen-bond donors (Lipinski definition) is 2. The van der Waals surface area contributed by atoms with Crippen molar-refractivity contribution < 1.29 is 10.1 Å². The van der Waals surface area contributed by atoms with Gasteiger partial charge in [-0.25, -0.2) is 0 Å². The summed E-state index contributed by atoms with van der Waals surface area (Å²) in [6.07, 6.45) is 0. The third-order valence-electron chi connectivity index (χ3n) is 3.70. The molecule has 0 aliphatic heterocycles. The molecule has 2 aromatic carbocycles. The topological polar surface area (TPSA) is 45.7 Å². The molecule has 2 atom stereocenters. The zero-order valence-corrected chi connectivity index (χ0v) is 13.7. The van der Waals surface area contributed by atoms with Gasteiger partial charge in [-0.1, -0.05) is 60.1 Å². The lowest BCUT2D eigenvalue weighted by molar-refractivity contribution is -0.710. The molecule has 3 nitrogen and oxygen atoms in total.